The van der Waals surface area contributed by atoms with Gasteiger partial charge in [-0.15, -0.1) is 10.2 Å². The first-order valence-corrected chi connectivity index (χ1v) is 10.3. The molecule has 2 N–H and O–H groups in total. The quantitative estimate of drug-likeness (QED) is 0.815. The van der Waals surface area contributed by atoms with E-state index in [9.17, 15) is 9.59 Å². The number of nitrogens with zero attached hydrogens (tertiary/aromatic N) is 4. The molecule has 9 nitrogen and oxygen atoms in total. The van der Waals surface area contributed by atoms with Crippen molar-refractivity contribution < 1.29 is 14.3 Å². The fourth-order valence-electron chi connectivity index (χ4n) is 3.19. The van der Waals surface area contributed by atoms with E-state index in [2.05, 4.69) is 25.7 Å². The number of aromatic nitrogens is 2. The van der Waals surface area contributed by atoms with Crippen LogP contribution in [-0.2, 0) is 4.74 Å². The van der Waals surface area contributed by atoms with Gasteiger partial charge in [-0.05, 0) is 33.6 Å². The number of nitrogens with one attached hydrogen (secondary N) is 2. The first-order valence-electron chi connectivity index (χ1n) is 9.44. The van der Waals surface area contributed by atoms with Crippen molar-refractivity contribution in [1.82, 2.24) is 20.4 Å². The number of hydrogen-bond acceptors (Lipinski definition) is 7. The maximum Gasteiger partial charge on any atom is 0.410 e. The summed E-state index contributed by atoms with van der Waals surface area (Å²) in [5.41, 5.74) is -0.493. The van der Waals surface area contributed by atoms with Gasteiger partial charge < -0.3 is 19.9 Å². The summed E-state index contributed by atoms with van der Waals surface area (Å²) in [5.74, 6) is 0. The van der Waals surface area contributed by atoms with Crippen molar-refractivity contribution in [2.45, 2.75) is 58.1 Å². The van der Waals surface area contributed by atoms with Gasteiger partial charge in [-0.25, -0.2) is 9.59 Å². The molecule has 27 heavy (non-hydrogen) atoms. The van der Waals surface area contributed by atoms with E-state index in [0.717, 1.165) is 18.0 Å². The monoisotopic (exact) mass is 396 g/mol. The third-order valence-electron chi connectivity index (χ3n) is 4.53. The Bertz CT molecular complexity index is 660. The third-order valence-corrected chi connectivity index (χ3v) is 5.43. The van der Waals surface area contributed by atoms with Crippen LogP contribution in [-0.4, -0.2) is 65.0 Å². The van der Waals surface area contributed by atoms with E-state index in [-0.39, 0.29) is 18.2 Å². The van der Waals surface area contributed by atoms with E-state index < -0.39 is 5.60 Å². The molecule has 10 heteroatoms. The fourth-order valence-corrected chi connectivity index (χ4v) is 3.98. The number of urea groups is 1. The standard InChI is InChI=1S/C17H28N6O3S/c1-17(2,3)26-16(25)23-10-8-22(9-11-23)15-21-20-14(27-15)19-13(24)18-12-6-4-5-7-12/h12H,4-11H2,1-3H3,(H2,18,19,20,24). The van der Waals surface area contributed by atoms with Crippen molar-refractivity contribution in [3.63, 3.8) is 0 Å². The summed E-state index contributed by atoms with van der Waals surface area (Å²) in [4.78, 5) is 27.9. The van der Waals surface area contributed by atoms with Gasteiger partial charge in [0.2, 0.25) is 10.3 Å². The molecular formula is C17H28N6O3S. The lowest BCUT2D eigenvalue weighted by atomic mass is 10.2. The Balaban J connectivity index is 1.46. The molecule has 0 spiro atoms. The number of carbonyl (C=O) groups excluding carboxylic acids is 2. The molecule has 3 rings (SSSR count). The second-order valence-electron chi connectivity index (χ2n) is 7.92. The molecule has 2 heterocycles. The van der Waals surface area contributed by atoms with Crippen molar-refractivity contribution in [2.75, 3.05) is 36.4 Å². The Hall–Kier alpha value is -2.10. The topological polar surface area (TPSA) is 99.7 Å². The molecule has 2 aliphatic rings. The summed E-state index contributed by atoms with van der Waals surface area (Å²) in [6, 6.07) is 0.0395. The number of ether oxygens (including phenoxy) is 1. The summed E-state index contributed by atoms with van der Waals surface area (Å²) >= 11 is 1.34. The minimum atomic E-state index is -0.493. The van der Waals surface area contributed by atoms with Crippen molar-refractivity contribution in [1.29, 1.82) is 0 Å². The van der Waals surface area contributed by atoms with Crippen LogP contribution in [0.15, 0.2) is 0 Å². The van der Waals surface area contributed by atoms with E-state index in [4.69, 9.17) is 4.74 Å². The van der Waals surface area contributed by atoms with Crippen molar-refractivity contribution in [2.24, 2.45) is 0 Å². The van der Waals surface area contributed by atoms with Gasteiger partial charge in [-0.3, -0.25) is 5.32 Å². The number of carbonyl (C=O) groups is 2. The van der Waals surface area contributed by atoms with Crippen LogP contribution in [0.25, 0.3) is 0 Å². The van der Waals surface area contributed by atoms with Gasteiger partial charge in [-0.1, -0.05) is 24.2 Å². The molecule has 1 aliphatic carbocycles. The first-order chi connectivity index (χ1) is 12.8. The zero-order valence-electron chi connectivity index (χ0n) is 16.2. The van der Waals surface area contributed by atoms with E-state index in [0.29, 0.717) is 31.3 Å². The Labute approximate surface area is 163 Å². The lowest BCUT2D eigenvalue weighted by molar-refractivity contribution is 0.0240. The smallest absolute Gasteiger partial charge is 0.410 e. The number of amides is 3. The highest BCUT2D eigenvalue weighted by molar-refractivity contribution is 7.19. The fraction of sp³-hybridized carbons (Fsp3) is 0.765. The summed E-state index contributed by atoms with van der Waals surface area (Å²) < 4.78 is 5.41. The maximum absolute atomic E-state index is 12.1. The van der Waals surface area contributed by atoms with Gasteiger partial charge in [0.15, 0.2) is 0 Å². The Morgan fingerprint density at radius 1 is 1.11 bits per heavy atom. The summed E-state index contributed by atoms with van der Waals surface area (Å²) in [5, 5.41) is 15.2. The van der Waals surface area contributed by atoms with Crippen molar-refractivity contribution >= 4 is 33.7 Å². The lowest BCUT2D eigenvalue weighted by Crippen LogP contribution is -2.50. The van der Waals surface area contributed by atoms with Crippen LogP contribution in [0.4, 0.5) is 19.9 Å². The molecule has 3 amide bonds. The van der Waals surface area contributed by atoms with Gasteiger partial charge in [-0.2, -0.15) is 0 Å². The minimum Gasteiger partial charge on any atom is -0.444 e. The van der Waals surface area contributed by atoms with Crippen molar-refractivity contribution in [3.05, 3.63) is 0 Å². The molecule has 1 saturated heterocycles. The Morgan fingerprint density at radius 3 is 2.41 bits per heavy atom. The van der Waals surface area contributed by atoms with Crippen LogP contribution in [0.2, 0.25) is 0 Å². The molecule has 1 aromatic heterocycles. The van der Waals surface area contributed by atoms with E-state index in [1.807, 2.05) is 20.8 Å². The highest BCUT2D eigenvalue weighted by Crippen LogP contribution is 2.25. The second kappa shape index (κ2) is 8.28. The molecule has 0 unspecified atom stereocenters. The highest BCUT2D eigenvalue weighted by atomic mass is 32.1. The molecule has 0 atom stereocenters. The normalized spacial score (nSPS) is 18.5. The SMILES string of the molecule is CC(C)(C)OC(=O)N1CCN(c2nnc(NC(=O)NC3CCCC3)s2)CC1. The lowest BCUT2D eigenvalue weighted by Gasteiger charge is -2.35. The summed E-state index contributed by atoms with van der Waals surface area (Å²) in [7, 11) is 0. The van der Waals surface area contributed by atoms with Crippen LogP contribution in [0, 0.1) is 0 Å². The molecule has 150 valence electrons. The molecule has 1 aromatic rings. The highest BCUT2D eigenvalue weighted by Gasteiger charge is 2.27. The molecule has 0 aromatic carbocycles. The largest absolute Gasteiger partial charge is 0.444 e. The van der Waals surface area contributed by atoms with Crippen LogP contribution < -0.4 is 15.5 Å². The Kier molecular flexibility index (Phi) is 6.03. The van der Waals surface area contributed by atoms with E-state index >= 15 is 0 Å². The molecule has 1 saturated carbocycles. The zero-order chi connectivity index (χ0) is 19.4. The van der Waals surface area contributed by atoms with Crippen LogP contribution >= 0.6 is 11.3 Å². The molecule has 2 fully saturated rings. The average Bonchev–Trinajstić information content (AvgIpc) is 3.25. The molecule has 1 aliphatic heterocycles. The predicted octanol–water partition coefficient (Wildman–Crippen LogP) is 2.66. The maximum atomic E-state index is 12.1. The zero-order valence-corrected chi connectivity index (χ0v) is 17.0. The molecule has 0 radical (unpaired) electrons. The van der Waals surface area contributed by atoms with Crippen LogP contribution in [0.3, 0.4) is 0 Å². The minimum absolute atomic E-state index is 0.223. The Morgan fingerprint density at radius 2 is 1.78 bits per heavy atom. The third kappa shape index (κ3) is 5.69. The van der Waals surface area contributed by atoms with Gasteiger partial charge >= 0.3 is 12.1 Å². The first kappa shape index (κ1) is 19.7. The second-order valence-corrected chi connectivity index (χ2v) is 8.88. The van der Waals surface area contributed by atoms with Gasteiger partial charge in [0.1, 0.15) is 5.60 Å². The number of rotatable bonds is 3. The number of hydrogen-bond donors (Lipinski definition) is 2. The molecular weight excluding hydrogens is 368 g/mol. The van der Waals surface area contributed by atoms with Gasteiger partial charge in [0.25, 0.3) is 0 Å². The van der Waals surface area contributed by atoms with Crippen molar-refractivity contribution in [3.8, 4) is 0 Å². The number of piperazine rings is 1. The van der Waals surface area contributed by atoms with Gasteiger partial charge in [0, 0.05) is 32.2 Å². The van der Waals surface area contributed by atoms with Crippen LogP contribution in [0.5, 0.6) is 0 Å². The van der Waals surface area contributed by atoms with E-state index in [1.165, 1.54) is 24.2 Å². The van der Waals surface area contributed by atoms with Crippen LogP contribution in [0.1, 0.15) is 46.5 Å². The molecule has 0 bridgehead atoms. The number of anilines is 2. The van der Waals surface area contributed by atoms with E-state index in [1.54, 1.807) is 4.90 Å². The summed E-state index contributed by atoms with van der Waals surface area (Å²) in [6.07, 6.45) is 4.13. The van der Waals surface area contributed by atoms with Gasteiger partial charge in [0.05, 0.1) is 0 Å². The summed E-state index contributed by atoms with van der Waals surface area (Å²) in [6.45, 7) is 8.03. The average molecular weight is 397 g/mol. The predicted molar refractivity (Wildman–Crippen MR) is 104 cm³/mol.